The van der Waals surface area contributed by atoms with Gasteiger partial charge in [-0.15, -0.1) is 16.4 Å². The van der Waals surface area contributed by atoms with Gasteiger partial charge in [0, 0.05) is 10.8 Å². The minimum absolute atomic E-state index is 0.0267. The molecule has 1 aromatic carbocycles. The van der Waals surface area contributed by atoms with Gasteiger partial charge in [0.15, 0.2) is 17.1 Å². The number of nitrogens with one attached hydrogen (secondary N) is 1. The molecular formula is C17H14N4O4S. The zero-order valence-electron chi connectivity index (χ0n) is 14.0. The Morgan fingerprint density at radius 2 is 2.19 bits per heavy atom. The number of rotatable bonds is 5. The number of ether oxygens (including phenoxy) is 1. The van der Waals surface area contributed by atoms with Crippen LogP contribution in [0.2, 0.25) is 0 Å². The summed E-state index contributed by atoms with van der Waals surface area (Å²) < 4.78 is 16.6. The van der Waals surface area contributed by atoms with E-state index >= 15 is 0 Å². The van der Waals surface area contributed by atoms with Crippen molar-refractivity contribution >= 4 is 34.2 Å². The number of benzene rings is 1. The first-order chi connectivity index (χ1) is 12.6. The Balaban J connectivity index is 1.56. The Kier molecular flexibility index (Phi) is 4.13. The molecule has 1 amide bonds. The van der Waals surface area contributed by atoms with Crippen molar-refractivity contribution < 1.29 is 18.4 Å². The normalized spacial score (nSPS) is 11.0. The highest BCUT2D eigenvalue weighted by Crippen LogP contribution is 2.29. The second-order valence-electron chi connectivity index (χ2n) is 5.34. The predicted octanol–water partition coefficient (Wildman–Crippen LogP) is 3.90. The fraction of sp³-hybridized carbons (Fsp3) is 0.176. The lowest BCUT2D eigenvalue weighted by Crippen LogP contribution is -2.10. The van der Waals surface area contributed by atoms with Crippen molar-refractivity contribution in [2.24, 2.45) is 0 Å². The third kappa shape index (κ3) is 3.04. The smallest absolute Gasteiger partial charge is 0.322 e. The Labute approximate surface area is 151 Å². The van der Waals surface area contributed by atoms with Crippen LogP contribution < -0.4 is 10.1 Å². The minimum atomic E-state index is -0.492. The molecule has 4 aromatic rings. The number of carbonyl (C=O) groups excluding carboxylic acids is 1. The summed E-state index contributed by atoms with van der Waals surface area (Å²) >= 11 is 1.47. The SMILES string of the molecule is CCOc1cccc2cc(C(=O)Nc3nnc(-c4csc(C)n4)o3)oc12. The van der Waals surface area contributed by atoms with Crippen molar-refractivity contribution in [3.8, 4) is 17.3 Å². The zero-order chi connectivity index (χ0) is 18.1. The van der Waals surface area contributed by atoms with Crippen LogP contribution in [0, 0.1) is 6.92 Å². The highest BCUT2D eigenvalue weighted by Gasteiger charge is 2.18. The summed E-state index contributed by atoms with van der Waals surface area (Å²) in [5.41, 5.74) is 1.09. The van der Waals surface area contributed by atoms with Gasteiger partial charge in [0.1, 0.15) is 5.69 Å². The molecule has 0 saturated heterocycles. The van der Waals surface area contributed by atoms with Crippen LogP contribution in [-0.4, -0.2) is 27.7 Å². The van der Waals surface area contributed by atoms with Gasteiger partial charge < -0.3 is 13.6 Å². The molecule has 0 aliphatic heterocycles. The van der Waals surface area contributed by atoms with Gasteiger partial charge in [-0.2, -0.15) is 0 Å². The summed E-state index contributed by atoms with van der Waals surface area (Å²) in [4.78, 5) is 16.7. The molecule has 4 rings (SSSR count). The number of hydrogen-bond acceptors (Lipinski definition) is 8. The monoisotopic (exact) mass is 370 g/mol. The highest BCUT2D eigenvalue weighted by molar-refractivity contribution is 7.09. The van der Waals surface area contributed by atoms with Crippen molar-refractivity contribution in [2.45, 2.75) is 13.8 Å². The van der Waals surface area contributed by atoms with Gasteiger partial charge >= 0.3 is 6.01 Å². The lowest BCUT2D eigenvalue weighted by molar-refractivity contribution is 0.0995. The van der Waals surface area contributed by atoms with Gasteiger partial charge in [-0.05, 0) is 26.0 Å². The van der Waals surface area contributed by atoms with E-state index in [2.05, 4.69) is 20.5 Å². The maximum Gasteiger partial charge on any atom is 0.322 e. The van der Waals surface area contributed by atoms with E-state index in [0.717, 1.165) is 10.4 Å². The lowest BCUT2D eigenvalue weighted by atomic mass is 10.2. The zero-order valence-corrected chi connectivity index (χ0v) is 14.8. The number of aryl methyl sites for hydroxylation is 1. The second kappa shape index (κ2) is 6.60. The van der Waals surface area contributed by atoms with E-state index in [0.29, 0.717) is 23.6 Å². The van der Waals surface area contributed by atoms with Crippen LogP contribution >= 0.6 is 11.3 Å². The van der Waals surface area contributed by atoms with Crippen LogP contribution in [0.4, 0.5) is 6.01 Å². The van der Waals surface area contributed by atoms with Gasteiger partial charge in [0.05, 0.1) is 11.6 Å². The van der Waals surface area contributed by atoms with Crippen molar-refractivity contribution in [1.82, 2.24) is 15.2 Å². The molecule has 9 heteroatoms. The third-order valence-corrected chi connectivity index (χ3v) is 4.29. The van der Waals surface area contributed by atoms with Gasteiger partial charge in [-0.3, -0.25) is 10.1 Å². The molecule has 0 aliphatic rings. The molecule has 0 radical (unpaired) electrons. The number of hydrogen-bond donors (Lipinski definition) is 1. The summed E-state index contributed by atoms with van der Waals surface area (Å²) in [5, 5.41) is 13.7. The summed E-state index contributed by atoms with van der Waals surface area (Å²) in [7, 11) is 0. The summed E-state index contributed by atoms with van der Waals surface area (Å²) in [6.07, 6.45) is 0. The largest absolute Gasteiger partial charge is 0.490 e. The van der Waals surface area contributed by atoms with Crippen molar-refractivity contribution in [2.75, 3.05) is 11.9 Å². The summed E-state index contributed by atoms with van der Waals surface area (Å²) in [6.45, 7) is 4.26. The third-order valence-electron chi connectivity index (χ3n) is 3.52. The van der Waals surface area contributed by atoms with Gasteiger partial charge in [-0.25, -0.2) is 4.98 Å². The molecule has 8 nitrogen and oxygen atoms in total. The quantitative estimate of drug-likeness (QED) is 0.568. The molecule has 0 saturated carbocycles. The maximum absolute atomic E-state index is 12.4. The molecule has 132 valence electrons. The number of para-hydroxylation sites is 1. The van der Waals surface area contributed by atoms with Crippen molar-refractivity contribution in [3.63, 3.8) is 0 Å². The fourth-order valence-corrected chi connectivity index (χ4v) is 3.00. The highest BCUT2D eigenvalue weighted by atomic mass is 32.1. The molecule has 3 heterocycles. The van der Waals surface area contributed by atoms with Crippen LogP contribution in [0.5, 0.6) is 5.75 Å². The van der Waals surface area contributed by atoms with Crippen molar-refractivity contribution in [3.05, 3.63) is 40.4 Å². The van der Waals surface area contributed by atoms with Crippen LogP contribution in [-0.2, 0) is 0 Å². The molecule has 0 spiro atoms. The molecule has 1 N–H and O–H groups in total. The first-order valence-corrected chi connectivity index (χ1v) is 8.74. The number of furan rings is 1. The molecule has 0 atom stereocenters. The molecule has 26 heavy (non-hydrogen) atoms. The van der Waals surface area contributed by atoms with E-state index in [1.54, 1.807) is 12.1 Å². The fourth-order valence-electron chi connectivity index (χ4n) is 2.42. The van der Waals surface area contributed by atoms with Gasteiger partial charge in [-0.1, -0.05) is 17.2 Å². The van der Waals surface area contributed by atoms with E-state index < -0.39 is 5.91 Å². The molecule has 0 aliphatic carbocycles. The number of thiazole rings is 1. The Morgan fingerprint density at radius 1 is 1.31 bits per heavy atom. The lowest BCUT2D eigenvalue weighted by Gasteiger charge is -2.02. The maximum atomic E-state index is 12.4. The van der Waals surface area contributed by atoms with Crippen molar-refractivity contribution in [1.29, 1.82) is 0 Å². The van der Waals surface area contributed by atoms with Crippen LogP contribution in [0.3, 0.4) is 0 Å². The summed E-state index contributed by atoms with van der Waals surface area (Å²) in [5.74, 6) is 0.459. The number of carbonyl (C=O) groups is 1. The van der Waals surface area contributed by atoms with Crippen LogP contribution in [0.1, 0.15) is 22.5 Å². The second-order valence-corrected chi connectivity index (χ2v) is 6.40. The Hall–Kier alpha value is -3.20. The molecular weight excluding hydrogens is 356 g/mol. The van der Waals surface area contributed by atoms with E-state index in [4.69, 9.17) is 13.6 Å². The summed E-state index contributed by atoms with van der Waals surface area (Å²) in [6, 6.07) is 7.07. The van der Waals surface area contributed by atoms with E-state index in [9.17, 15) is 4.79 Å². The molecule has 3 aromatic heterocycles. The average Bonchev–Trinajstić information content (AvgIpc) is 3.34. The molecule has 0 bridgehead atoms. The first-order valence-electron chi connectivity index (χ1n) is 7.86. The standard InChI is InChI=1S/C17H14N4O4S/c1-3-23-12-6-4-5-10-7-13(24-14(10)12)15(22)19-17-21-20-16(25-17)11-8-26-9(2)18-11/h4-8H,3H2,1-2H3,(H,19,21,22). The number of nitrogens with zero attached hydrogens (tertiary/aromatic N) is 3. The predicted molar refractivity (Wildman–Crippen MR) is 95.5 cm³/mol. The first kappa shape index (κ1) is 16.3. The number of anilines is 1. The number of aromatic nitrogens is 3. The van der Waals surface area contributed by atoms with E-state index in [-0.39, 0.29) is 17.7 Å². The topological polar surface area (TPSA) is 103 Å². The van der Waals surface area contributed by atoms with Crippen LogP contribution in [0.15, 0.2) is 38.5 Å². The minimum Gasteiger partial charge on any atom is -0.490 e. The van der Waals surface area contributed by atoms with E-state index in [1.165, 1.54) is 11.3 Å². The average molecular weight is 370 g/mol. The molecule has 0 fully saturated rings. The van der Waals surface area contributed by atoms with Crippen LogP contribution in [0.25, 0.3) is 22.6 Å². The number of fused-ring (bicyclic) bond motifs is 1. The Morgan fingerprint density at radius 3 is 2.96 bits per heavy atom. The number of amides is 1. The van der Waals surface area contributed by atoms with E-state index in [1.807, 2.05) is 31.4 Å². The van der Waals surface area contributed by atoms with Gasteiger partial charge in [0.2, 0.25) is 0 Å². The van der Waals surface area contributed by atoms with Gasteiger partial charge in [0.25, 0.3) is 11.8 Å². The molecule has 0 unspecified atom stereocenters. The Bertz CT molecular complexity index is 1080.